The highest BCUT2D eigenvalue weighted by Crippen LogP contribution is 2.39. The van der Waals surface area contributed by atoms with Crippen molar-refractivity contribution in [3.05, 3.63) is 50.9 Å². The van der Waals surface area contributed by atoms with Crippen LogP contribution in [0, 0.1) is 0 Å². The van der Waals surface area contributed by atoms with Crippen molar-refractivity contribution in [2.45, 2.75) is 38.1 Å². The minimum atomic E-state index is 0.432. The van der Waals surface area contributed by atoms with Crippen LogP contribution in [0.3, 0.4) is 0 Å². The number of rotatable bonds is 3. The molecule has 1 N–H and O–H groups in total. The fourth-order valence-corrected chi connectivity index (χ4v) is 4.66. The van der Waals surface area contributed by atoms with E-state index in [4.69, 9.17) is 28.2 Å². The largest absolute Gasteiger partial charge is 0.323 e. The van der Waals surface area contributed by atoms with Crippen molar-refractivity contribution >= 4 is 61.8 Å². The smallest absolute Gasteiger partial charge is 0.208 e. The first-order valence-corrected chi connectivity index (χ1v) is 10.1. The van der Waals surface area contributed by atoms with E-state index in [0.29, 0.717) is 21.8 Å². The van der Waals surface area contributed by atoms with Crippen LogP contribution in [0.25, 0.3) is 11.0 Å². The molecule has 0 amide bonds. The lowest BCUT2D eigenvalue weighted by molar-refractivity contribution is 0.362. The van der Waals surface area contributed by atoms with Gasteiger partial charge < -0.3 is 9.88 Å². The number of anilines is 2. The Balaban J connectivity index is 1.86. The van der Waals surface area contributed by atoms with Crippen LogP contribution in [0.1, 0.15) is 38.1 Å². The quantitative estimate of drug-likeness (QED) is 0.462. The molecule has 130 valence electrons. The minimum Gasteiger partial charge on any atom is -0.323 e. The summed E-state index contributed by atoms with van der Waals surface area (Å²) in [6, 6.07) is 12.1. The molecule has 1 aliphatic rings. The second-order valence-corrected chi connectivity index (χ2v) is 8.10. The molecule has 0 aliphatic heterocycles. The molecule has 1 aromatic heterocycles. The van der Waals surface area contributed by atoms with Gasteiger partial charge in [-0.05, 0) is 53.0 Å². The van der Waals surface area contributed by atoms with Gasteiger partial charge in [0, 0.05) is 10.5 Å². The van der Waals surface area contributed by atoms with Crippen LogP contribution in [-0.2, 0) is 0 Å². The van der Waals surface area contributed by atoms with Gasteiger partial charge in [0.1, 0.15) is 0 Å². The maximum absolute atomic E-state index is 6.35. The molecule has 0 spiro atoms. The first-order valence-electron chi connectivity index (χ1n) is 8.52. The zero-order valence-corrected chi connectivity index (χ0v) is 16.7. The average Bonchev–Trinajstić information content (AvgIpc) is 2.98. The summed E-state index contributed by atoms with van der Waals surface area (Å²) < 4.78 is 3.37. The molecule has 3 aromatic rings. The number of para-hydroxylation sites is 2. The van der Waals surface area contributed by atoms with Gasteiger partial charge in [-0.15, -0.1) is 0 Å². The lowest BCUT2D eigenvalue weighted by Crippen LogP contribution is -2.15. The van der Waals surface area contributed by atoms with Crippen LogP contribution >= 0.6 is 39.1 Å². The summed E-state index contributed by atoms with van der Waals surface area (Å²) in [7, 11) is 0. The number of fused-ring (bicyclic) bond motifs is 1. The molecule has 3 nitrogen and oxygen atoms in total. The van der Waals surface area contributed by atoms with Crippen LogP contribution in [0.4, 0.5) is 11.6 Å². The van der Waals surface area contributed by atoms with Crippen molar-refractivity contribution in [3.8, 4) is 0 Å². The Bertz CT molecular complexity index is 896. The molecule has 4 rings (SSSR count). The first kappa shape index (κ1) is 17.2. The summed E-state index contributed by atoms with van der Waals surface area (Å²) in [5.41, 5.74) is 2.79. The maximum atomic E-state index is 6.35. The second kappa shape index (κ2) is 7.18. The van der Waals surface area contributed by atoms with Crippen LogP contribution in [0.5, 0.6) is 0 Å². The summed E-state index contributed by atoms with van der Waals surface area (Å²) in [6.07, 6.45) is 6.14. The third kappa shape index (κ3) is 3.27. The van der Waals surface area contributed by atoms with Gasteiger partial charge in [-0.3, -0.25) is 0 Å². The van der Waals surface area contributed by atoms with E-state index in [-0.39, 0.29) is 0 Å². The van der Waals surface area contributed by atoms with E-state index in [1.807, 2.05) is 30.3 Å². The Morgan fingerprint density at radius 2 is 1.68 bits per heavy atom. The number of imidazole rings is 1. The van der Waals surface area contributed by atoms with Gasteiger partial charge in [0.15, 0.2) is 0 Å². The van der Waals surface area contributed by atoms with Crippen LogP contribution in [-0.4, -0.2) is 9.55 Å². The Hall–Kier alpha value is -1.23. The normalized spacial score (nSPS) is 15.6. The van der Waals surface area contributed by atoms with Crippen LogP contribution in [0.2, 0.25) is 10.0 Å². The SMILES string of the molecule is Clc1cccc(Cl)c1Nc1nc2cccc(Br)c2n1C1CCCCC1. The fraction of sp³-hybridized carbons (Fsp3) is 0.316. The topological polar surface area (TPSA) is 29.9 Å². The van der Waals surface area contributed by atoms with Crippen molar-refractivity contribution in [2.75, 3.05) is 5.32 Å². The van der Waals surface area contributed by atoms with Crippen molar-refractivity contribution in [1.82, 2.24) is 9.55 Å². The summed E-state index contributed by atoms with van der Waals surface area (Å²) >= 11 is 16.4. The van der Waals surface area contributed by atoms with E-state index in [1.165, 1.54) is 19.3 Å². The van der Waals surface area contributed by atoms with E-state index < -0.39 is 0 Å². The predicted molar refractivity (Wildman–Crippen MR) is 109 cm³/mol. The highest BCUT2D eigenvalue weighted by molar-refractivity contribution is 9.10. The zero-order chi connectivity index (χ0) is 17.4. The maximum Gasteiger partial charge on any atom is 0.208 e. The van der Waals surface area contributed by atoms with E-state index >= 15 is 0 Å². The third-order valence-electron chi connectivity index (χ3n) is 4.80. The number of benzene rings is 2. The van der Waals surface area contributed by atoms with Gasteiger partial charge in [0.2, 0.25) is 5.95 Å². The second-order valence-electron chi connectivity index (χ2n) is 6.43. The molecule has 0 bridgehead atoms. The number of nitrogens with one attached hydrogen (secondary N) is 1. The molecule has 1 saturated carbocycles. The van der Waals surface area contributed by atoms with E-state index in [9.17, 15) is 0 Å². The van der Waals surface area contributed by atoms with Gasteiger partial charge in [-0.1, -0.05) is 54.6 Å². The molecule has 1 fully saturated rings. The minimum absolute atomic E-state index is 0.432. The average molecular weight is 439 g/mol. The monoisotopic (exact) mass is 437 g/mol. The molecule has 6 heteroatoms. The van der Waals surface area contributed by atoms with E-state index in [1.54, 1.807) is 0 Å². The highest BCUT2D eigenvalue weighted by Gasteiger charge is 2.23. The molecule has 2 aromatic carbocycles. The Morgan fingerprint density at radius 1 is 1.00 bits per heavy atom. The molecular formula is C19H18BrCl2N3. The van der Waals surface area contributed by atoms with Gasteiger partial charge in [-0.25, -0.2) is 4.98 Å². The summed E-state index contributed by atoms with van der Waals surface area (Å²) in [6.45, 7) is 0. The van der Waals surface area contributed by atoms with Gasteiger partial charge in [-0.2, -0.15) is 0 Å². The van der Waals surface area contributed by atoms with Crippen molar-refractivity contribution < 1.29 is 0 Å². The molecule has 0 unspecified atom stereocenters. The highest BCUT2D eigenvalue weighted by atomic mass is 79.9. The fourth-order valence-electron chi connectivity index (χ4n) is 3.62. The summed E-state index contributed by atoms with van der Waals surface area (Å²) in [5.74, 6) is 0.795. The standard InChI is InChI=1S/C19H18BrCl2N3/c20-13-8-4-11-16-18(13)25(12-6-2-1-3-7-12)19(23-16)24-17-14(21)9-5-10-15(17)22/h4-5,8-12H,1-3,6-7H2,(H,23,24). The Morgan fingerprint density at radius 3 is 2.40 bits per heavy atom. The molecule has 25 heavy (non-hydrogen) atoms. The third-order valence-corrected chi connectivity index (χ3v) is 6.07. The summed E-state index contributed by atoms with van der Waals surface area (Å²) in [5, 5.41) is 4.57. The number of aromatic nitrogens is 2. The number of halogens is 3. The molecule has 0 atom stereocenters. The lowest BCUT2D eigenvalue weighted by Gasteiger charge is -2.26. The van der Waals surface area contributed by atoms with Crippen molar-refractivity contribution in [3.63, 3.8) is 0 Å². The molecule has 0 radical (unpaired) electrons. The number of nitrogens with zero attached hydrogens (tertiary/aromatic N) is 2. The van der Waals surface area contributed by atoms with Crippen LogP contribution < -0.4 is 5.32 Å². The van der Waals surface area contributed by atoms with Gasteiger partial charge >= 0.3 is 0 Å². The molecule has 0 saturated heterocycles. The summed E-state index contributed by atoms with van der Waals surface area (Å²) in [4.78, 5) is 4.83. The zero-order valence-electron chi connectivity index (χ0n) is 13.6. The molecule has 1 heterocycles. The van der Waals surface area contributed by atoms with Crippen molar-refractivity contribution in [1.29, 1.82) is 0 Å². The van der Waals surface area contributed by atoms with Gasteiger partial charge in [0.05, 0.1) is 26.8 Å². The first-order chi connectivity index (χ1) is 12.1. The Kier molecular flexibility index (Phi) is 4.94. The van der Waals surface area contributed by atoms with E-state index in [2.05, 4.69) is 31.9 Å². The molecular weight excluding hydrogens is 421 g/mol. The number of hydrogen-bond acceptors (Lipinski definition) is 2. The van der Waals surface area contributed by atoms with E-state index in [0.717, 1.165) is 34.3 Å². The predicted octanol–water partition coefficient (Wildman–Crippen LogP) is 7.35. The van der Waals surface area contributed by atoms with Crippen LogP contribution in [0.15, 0.2) is 40.9 Å². The number of hydrogen-bond donors (Lipinski definition) is 1. The van der Waals surface area contributed by atoms with Gasteiger partial charge in [0.25, 0.3) is 0 Å². The van der Waals surface area contributed by atoms with Crippen molar-refractivity contribution in [2.24, 2.45) is 0 Å². The Labute approximate surface area is 165 Å². The molecule has 1 aliphatic carbocycles. The lowest BCUT2D eigenvalue weighted by atomic mass is 9.95.